The highest BCUT2D eigenvalue weighted by atomic mass is 16.7. The lowest BCUT2D eigenvalue weighted by atomic mass is 9.83. The summed E-state index contributed by atoms with van der Waals surface area (Å²) in [5, 5.41) is 13.6. The molecule has 5 heteroatoms. The Bertz CT molecular complexity index is 802. The Kier molecular flexibility index (Phi) is 5.87. The zero-order valence-corrected chi connectivity index (χ0v) is 17.3. The molecule has 0 fully saturated rings. The molecule has 0 saturated heterocycles. The summed E-state index contributed by atoms with van der Waals surface area (Å²) in [6.45, 7) is 8.98. The number of rotatable bonds is 8. The van der Waals surface area contributed by atoms with Gasteiger partial charge in [0.15, 0.2) is 0 Å². The molecule has 2 aromatic carbocycles. The van der Waals surface area contributed by atoms with Gasteiger partial charge in [-0.05, 0) is 42.9 Å². The number of hydrogen-bond donors (Lipinski definition) is 0. The van der Waals surface area contributed by atoms with E-state index in [2.05, 4.69) is 57.0 Å². The van der Waals surface area contributed by atoms with Gasteiger partial charge in [-0.25, -0.2) is 0 Å². The van der Waals surface area contributed by atoms with E-state index in [1.54, 1.807) is 12.1 Å². The van der Waals surface area contributed by atoms with E-state index in [1.165, 1.54) is 17.2 Å². The maximum atomic E-state index is 11.4. The lowest BCUT2D eigenvalue weighted by molar-refractivity contribution is -0.386. The fraction of sp³-hybridized carbons (Fsp3) is 0.478. The molecule has 0 spiro atoms. The van der Waals surface area contributed by atoms with Crippen LogP contribution in [0.3, 0.4) is 0 Å². The predicted molar refractivity (Wildman–Crippen MR) is 111 cm³/mol. The average molecular weight is 383 g/mol. The highest BCUT2D eigenvalue weighted by Crippen LogP contribution is 2.56. The summed E-state index contributed by atoms with van der Waals surface area (Å²) in [6, 6.07) is 15.5. The number of para-hydroxylation sites is 1. The van der Waals surface area contributed by atoms with Gasteiger partial charge in [0.25, 0.3) is 5.69 Å². The first-order chi connectivity index (χ1) is 13.5. The average Bonchev–Trinajstić information content (AvgIpc) is 2.98. The smallest absolute Gasteiger partial charge is 0.274 e. The first-order valence-corrected chi connectivity index (χ1v) is 10.3. The molecule has 5 nitrogen and oxygen atoms in total. The van der Waals surface area contributed by atoms with E-state index in [0.29, 0.717) is 5.56 Å². The normalized spacial score (nSPS) is 17.4. The van der Waals surface area contributed by atoms with Gasteiger partial charge < -0.3 is 0 Å². The molecule has 0 radical (unpaired) electrons. The summed E-state index contributed by atoms with van der Waals surface area (Å²) in [4.78, 5) is 17.6. The predicted octanol–water partition coefficient (Wildman–Crippen LogP) is 6.07. The van der Waals surface area contributed by atoms with Gasteiger partial charge in [-0.1, -0.05) is 64.1 Å². The van der Waals surface area contributed by atoms with Crippen LogP contribution in [0, 0.1) is 10.1 Å². The maximum absolute atomic E-state index is 11.4. The number of nitro groups is 1. The van der Waals surface area contributed by atoms with Crippen LogP contribution in [0.1, 0.15) is 70.1 Å². The summed E-state index contributed by atoms with van der Waals surface area (Å²) in [7, 11) is 0. The number of fused-ring (bicyclic) bond motifs is 1. The van der Waals surface area contributed by atoms with E-state index < -0.39 is 0 Å². The maximum Gasteiger partial charge on any atom is 0.274 e. The number of hydroxylamine groups is 2. The van der Waals surface area contributed by atoms with Crippen LogP contribution in [0.25, 0.3) is 0 Å². The van der Waals surface area contributed by atoms with E-state index in [9.17, 15) is 10.1 Å². The van der Waals surface area contributed by atoms with Crippen molar-refractivity contribution in [1.29, 1.82) is 0 Å². The number of nitro benzene ring substituents is 1. The molecule has 28 heavy (non-hydrogen) atoms. The fourth-order valence-electron chi connectivity index (χ4n) is 4.95. The molecule has 0 amide bonds. The molecule has 0 bridgehead atoms. The van der Waals surface area contributed by atoms with Gasteiger partial charge in [0, 0.05) is 6.07 Å². The zero-order chi connectivity index (χ0) is 20.4. The monoisotopic (exact) mass is 382 g/mol. The van der Waals surface area contributed by atoms with E-state index in [1.807, 2.05) is 6.07 Å². The minimum atomic E-state index is -0.336. The van der Waals surface area contributed by atoms with Crippen molar-refractivity contribution in [3.63, 3.8) is 0 Å². The van der Waals surface area contributed by atoms with Crippen LogP contribution in [0.5, 0.6) is 0 Å². The lowest BCUT2D eigenvalue weighted by Crippen LogP contribution is -2.50. The second-order valence-corrected chi connectivity index (χ2v) is 7.48. The van der Waals surface area contributed by atoms with Crippen molar-refractivity contribution < 1.29 is 9.76 Å². The molecule has 0 aromatic heterocycles. The SMILES string of the molecule is CCC1(CC)c2ccccc2C(CC)(CC)N1OCc1ccccc1[N+](=O)[O-]. The summed E-state index contributed by atoms with van der Waals surface area (Å²) in [6.07, 6.45) is 3.66. The molecule has 2 aromatic rings. The molecular weight excluding hydrogens is 352 g/mol. The van der Waals surface area contributed by atoms with Crippen LogP contribution in [-0.2, 0) is 22.5 Å². The molecule has 1 aliphatic rings. The van der Waals surface area contributed by atoms with E-state index in [0.717, 1.165) is 25.7 Å². The molecule has 0 aliphatic carbocycles. The Labute approximate surface area is 167 Å². The van der Waals surface area contributed by atoms with Gasteiger partial charge in [0.05, 0.1) is 21.6 Å². The molecule has 150 valence electrons. The van der Waals surface area contributed by atoms with E-state index in [4.69, 9.17) is 4.84 Å². The zero-order valence-electron chi connectivity index (χ0n) is 17.3. The summed E-state index contributed by atoms with van der Waals surface area (Å²) < 4.78 is 0. The third-order valence-corrected chi connectivity index (χ3v) is 6.58. The minimum Gasteiger partial charge on any atom is -0.292 e. The van der Waals surface area contributed by atoms with Crippen molar-refractivity contribution in [2.45, 2.75) is 71.1 Å². The van der Waals surface area contributed by atoms with Crippen LogP contribution in [0.15, 0.2) is 48.5 Å². The summed E-state index contributed by atoms with van der Waals surface area (Å²) in [5.74, 6) is 0. The van der Waals surface area contributed by atoms with E-state index in [-0.39, 0.29) is 28.3 Å². The van der Waals surface area contributed by atoms with Gasteiger partial charge in [0.1, 0.15) is 6.61 Å². The Morgan fingerprint density at radius 3 is 1.79 bits per heavy atom. The van der Waals surface area contributed by atoms with Crippen LogP contribution in [0.2, 0.25) is 0 Å². The van der Waals surface area contributed by atoms with Crippen molar-refractivity contribution >= 4 is 5.69 Å². The van der Waals surface area contributed by atoms with Crippen LogP contribution in [-0.4, -0.2) is 9.99 Å². The Morgan fingerprint density at radius 1 is 0.857 bits per heavy atom. The second kappa shape index (κ2) is 8.02. The van der Waals surface area contributed by atoms with Crippen molar-refractivity contribution in [3.05, 3.63) is 75.3 Å². The van der Waals surface area contributed by atoms with Crippen LogP contribution < -0.4 is 0 Å². The molecule has 0 N–H and O–H groups in total. The van der Waals surface area contributed by atoms with Gasteiger partial charge >= 0.3 is 0 Å². The fourth-order valence-corrected chi connectivity index (χ4v) is 4.95. The topological polar surface area (TPSA) is 55.6 Å². The van der Waals surface area contributed by atoms with Gasteiger partial charge in [-0.15, -0.1) is 0 Å². The van der Waals surface area contributed by atoms with Gasteiger partial charge in [-0.2, -0.15) is 5.06 Å². The Hall–Kier alpha value is -2.24. The van der Waals surface area contributed by atoms with Crippen molar-refractivity contribution in [1.82, 2.24) is 5.06 Å². The molecular formula is C23H30N2O3. The Balaban J connectivity index is 2.06. The third-order valence-electron chi connectivity index (χ3n) is 6.58. The van der Waals surface area contributed by atoms with Crippen molar-refractivity contribution in [3.8, 4) is 0 Å². The largest absolute Gasteiger partial charge is 0.292 e. The Morgan fingerprint density at radius 2 is 1.32 bits per heavy atom. The number of hydrogen-bond acceptors (Lipinski definition) is 4. The standard InChI is InChI=1S/C23H30N2O3/c1-5-22(6-2)19-14-10-11-15-20(19)23(7-3,8-4)25(22)28-17-18-13-9-12-16-21(18)24(26)27/h9-16H,5-8,17H2,1-4H3. The van der Waals surface area contributed by atoms with Crippen LogP contribution >= 0.6 is 0 Å². The van der Waals surface area contributed by atoms with Crippen molar-refractivity contribution in [2.75, 3.05) is 0 Å². The summed E-state index contributed by atoms with van der Waals surface area (Å²) >= 11 is 0. The quantitative estimate of drug-likeness (QED) is 0.410. The minimum absolute atomic E-state index is 0.108. The van der Waals surface area contributed by atoms with Gasteiger partial charge in [-0.3, -0.25) is 15.0 Å². The third kappa shape index (κ3) is 2.93. The first-order valence-electron chi connectivity index (χ1n) is 10.3. The summed E-state index contributed by atoms with van der Waals surface area (Å²) in [5.41, 5.74) is 2.90. The molecule has 1 heterocycles. The highest BCUT2D eigenvalue weighted by molar-refractivity contribution is 5.44. The highest BCUT2D eigenvalue weighted by Gasteiger charge is 2.56. The molecule has 0 atom stereocenters. The van der Waals surface area contributed by atoms with Gasteiger partial charge in [0.2, 0.25) is 0 Å². The molecule has 1 aliphatic heterocycles. The molecule has 0 saturated carbocycles. The molecule has 0 unspecified atom stereocenters. The van der Waals surface area contributed by atoms with Crippen LogP contribution in [0.4, 0.5) is 5.69 Å². The molecule has 3 rings (SSSR count). The van der Waals surface area contributed by atoms with Crippen molar-refractivity contribution in [2.24, 2.45) is 0 Å². The van der Waals surface area contributed by atoms with E-state index >= 15 is 0 Å². The number of benzene rings is 2. The number of nitrogens with zero attached hydrogens (tertiary/aromatic N) is 2. The second-order valence-electron chi connectivity index (χ2n) is 7.48. The lowest BCUT2D eigenvalue weighted by Gasteiger charge is -2.45. The first kappa shape index (κ1) is 20.5.